The quantitative estimate of drug-likeness (QED) is 0.731. The van der Waals surface area contributed by atoms with E-state index in [9.17, 15) is 0 Å². The topological polar surface area (TPSA) is 15.3 Å². The van der Waals surface area contributed by atoms with Crippen LogP contribution in [0.15, 0.2) is 30.3 Å². The normalized spacial score (nSPS) is 16.7. The molecular weight excluding hydrogens is 244 g/mol. The summed E-state index contributed by atoms with van der Waals surface area (Å²) in [5, 5.41) is 3.61. The highest BCUT2D eigenvalue weighted by Gasteiger charge is 2.19. The molecule has 0 atom stereocenters. The van der Waals surface area contributed by atoms with Gasteiger partial charge in [0.15, 0.2) is 0 Å². The van der Waals surface area contributed by atoms with Crippen molar-refractivity contribution >= 4 is 0 Å². The molecule has 1 N–H and O–H groups in total. The van der Waals surface area contributed by atoms with Crippen molar-refractivity contribution in [1.82, 2.24) is 10.2 Å². The minimum Gasteiger partial charge on any atom is -0.317 e. The lowest BCUT2D eigenvalue weighted by Crippen LogP contribution is -2.28. The van der Waals surface area contributed by atoms with Gasteiger partial charge in [0.2, 0.25) is 0 Å². The molecule has 0 saturated carbocycles. The van der Waals surface area contributed by atoms with Crippen molar-refractivity contribution in [2.45, 2.75) is 44.9 Å². The van der Waals surface area contributed by atoms with Gasteiger partial charge in [0.1, 0.15) is 0 Å². The number of nitrogens with one attached hydrogen (secondary N) is 1. The van der Waals surface area contributed by atoms with Gasteiger partial charge in [0.25, 0.3) is 0 Å². The summed E-state index contributed by atoms with van der Waals surface area (Å²) < 4.78 is 0. The summed E-state index contributed by atoms with van der Waals surface area (Å²) in [7, 11) is 0. The summed E-state index contributed by atoms with van der Waals surface area (Å²) in [4.78, 5) is 2.59. The zero-order valence-corrected chi connectivity index (χ0v) is 13.2. The maximum Gasteiger partial charge on any atom is -0.000664 e. The Hall–Kier alpha value is -0.860. The molecule has 20 heavy (non-hydrogen) atoms. The Kier molecular flexibility index (Phi) is 6.06. The van der Waals surface area contributed by atoms with Gasteiger partial charge in [0.05, 0.1) is 0 Å². The van der Waals surface area contributed by atoms with Crippen LogP contribution in [0.5, 0.6) is 0 Å². The van der Waals surface area contributed by atoms with Crippen LogP contribution in [-0.4, -0.2) is 37.6 Å². The van der Waals surface area contributed by atoms with Crippen molar-refractivity contribution in [3.63, 3.8) is 0 Å². The number of likely N-dealkylation sites (tertiary alicyclic amines) is 1. The Labute approximate surface area is 124 Å². The molecule has 0 aliphatic carbocycles. The van der Waals surface area contributed by atoms with Gasteiger partial charge in [-0.2, -0.15) is 0 Å². The molecule has 0 bridgehead atoms. The summed E-state index contributed by atoms with van der Waals surface area (Å²) in [5.74, 6) is 0. The molecule has 0 amide bonds. The predicted octanol–water partition coefficient (Wildman–Crippen LogP) is 3.43. The van der Waals surface area contributed by atoms with Crippen molar-refractivity contribution in [3.8, 4) is 0 Å². The van der Waals surface area contributed by atoms with E-state index in [1.165, 1.54) is 50.9 Å². The molecule has 1 heterocycles. The van der Waals surface area contributed by atoms with Crippen LogP contribution >= 0.6 is 0 Å². The van der Waals surface area contributed by atoms with E-state index >= 15 is 0 Å². The van der Waals surface area contributed by atoms with Crippen molar-refractivity contribution < 1.29 is 0 Å². The number of benzene rings is 1. The summed E-state index contributed by atoms with van der Waals surface area (Å²) in [6.45, 7) is 10.9. The maximum atomic E-state index is 3.61. The van der Waals surface area contributed by atoms with Crippen LogP contribution in [0.25, 0.3) is 0 Å². The third-order valence-electron chi connectivity index (χ3n) is 4.51. The zero-order chi connectivity index (χ0) is 14.3. The third kappa shape index (κ3) is 4.92. The summed E-state index contributed by atoms with van der Waals surface area (Å²) in [6, 6.07) is 10.9. The van der Waals surface area contributed by atoms with Gasteiger partial charge in [0, 0.05) is 0 Å². The largest absolute Gasteiger partial charge is 0.317 e. The van der Waals surface area contributed by atoms with E-state index in [0.29, 0.717) is 0 Å². The molecule has 0 aromatic heterocycles. The van der Waals surface area contributed by atoms with Gasteiger partial charge in [-0.3, -0.25) is 0 Å². The summed E-state index contributed by atoms with van der Waals surface area (Å²) >= 11 is 0. The Morgan fingerprint density at radius 2 is 1.75 bits per heavy atom. The van der Waals surface area contributed by atoms with Gasteiger partial charge in [-0.05, 0) is 69.4 Å². The first kappa shape index (κ1) is 15.5. The first-order chi connectivity index (χ1) is 9.68. The first-order valence-corrected chi connectivity index (χ1v) is 8.17. The van der Waals surface area contributed by atoms with Crippen LogP contribution < -0.4 is 5.32 Å². The van der Waals surface area contributed by atoms with Gasteiger partial charge < -0.3 is 10.2 Å². The molecule has 1 aromatic carbocycles. The fourth-order valence-corrected chi connectivity index (χ4v) is 2.99. The number of rotatable bonds is 8. The van der Waals surface area contributed by atoms with Crippen LogP contribution in [0.2, 0.25) is 0 Å². The minimum atomic E-state index is 0.267. The van der Waals surface area contributed by atoms with Crippen LogP contribution in [0.1, 0.15) is 45.1 Å². The fraction of sp³-hybridized carbons (Fsp3) is 0.667. The summed E-state index contributed by atoms with van der Waals surface area (Å²) in [5.41, 5.74) is 1.71. The zero-order valence-electron chi connectivity index (χ0n) is 13.2. The Balaban J connectivity index is 1.58. The summed E-state index contributed by atoms with van der Waals surface area (Å²) in [6.07, 6.45) is 5.28. The van der Waals surface area contributed by atoms with Gasteiger partial charge in [-0.25, -0.2) is 0 Å². The third-order valence-corrected chi connectivity index (χ3v) is 4.51. The van der Waals surface area contributed by atoms with E-state index < -0.39 is 0 Å². The molecular formula is C18H30N2. The lowest BCUT2D eigenvalue weighted by molar-refractivity contribution is 0.329. The lowest BCUT2D eigenvalue weighted by atomic mass is 9.81. The van der Waals surface area contributed by atoms with Crippen LogP contribution in [0.3, 0.4) is 0 Å². The van der Waals surface area contributed by atoms with Crippen molar-refractivity contribution in [2.75, 3.05) is 32.7 Å². The van der Waals surface area contributed by atoms with E-state index in [2.05, 4.69) is 54.4 Å². The van der Waals surface area contributed by atoms with Crippen molar-refractivity contribution in [1.29, 1.82) is 0 Å². The predicted molar refractivity (Wildman–Crippen MR) is 87.2 cm³/mol. The molecule has 0 radical (unpaired) electrons. The molecule has 2 heteroatoms. The second kappa shape index (κ2) is 7.80. The highest BCUT2D eigenvalue weighted by atomic mass is 15.1. The second-order valence-corrected chi connectivity index (χ2v) is 6.65. The Morgan fingerprint density at radius 1 is 1.05 bits per heavy atom. The molecule has 2 rings (SSSR count). The Bertz CT molecular complexity index is 366. The first-order valence-electron chi connectivity index (χ1n) is 8.17. The van der Waals surface area contributed by atoms with Crippen LogP contribution in [-0.2, 0) is 5.41 Å². The van der Waals surface area contributed by atoms with Crippen molar-refractivity contribution in [2.24, 2.45) is 0 Å². The van der Waals surface area contributed by atoms with Crippen LogP contribution in [0.4, 0.5) is 0 Å². The molecule has 1 aliphatic heterocycles. The average Bonchev–Trinajstić information content (AvgIpc) is 2.97. The second-order valence-electron chi connectivity index (χ2n) is 6.65. The Morgan fingerprint density at radius 3 is 2.45 bits per heavy atom. The van der Waals surface area contributed by atoms with Gasteiger partial charge >= 0.3 is 0 Å². The number of hydrogen-bond donors (Lipinski definition) is 1. The van der Waals surface area contributed by atoms with Crippen LogP contribution in [0, 0.1) is 0 Å². The molecule has 112 valence electrons. The highest BCUT2D eigenvalue weighted by Crippen LogP contribution is 2.25. The molecule has 0 spiro atoms. The van der Waals surface area contributed by atoms with Gasteiger partial charge in [-0.15, -0.1) is 0 Å². The molecule has 1 aromatic rings. The lowest BCUT2D eigenvalue weighted by Gasteiger charge is -2.25. The average molecular weight is 274 g/mol. The highest BCUT2D eigenvalue weighted by molar-refractivity contribution is 5.23. The number of nitrogens with zero attached hydrogens (tertiary/aromatic N) is 1. The molecule has 1 fully saturated rings. The minimum absolute atomic E-state index is 0.267. The van der Waals surface area contributed by atoms with E-state index in [0.717, 1.165) is 13.1 Å². The van der Waals surface area contributed by atoms with E-state index in [1.54, 1.807) is 0 Å². The molecule has 1 saturated heterocycles. The maximum absolute atomic E-state index is 3.61. The van der Waals surface area contributed by atoms with E-state index in [-0.39, 0.29) is 5.41 Å². The SMILES string of the molecule is CC(C)(CCNCCCN1CCCC1)c1ccccc1. The van der Waals surface area contributed by atoms with E-state index in [4.69, 9.17) is 0 Å². The monoisotopic (exact) mass is 274 g/mol. The molecule has 1 aliphatic rings. The number of hydrogen-bond acceptors (Lipinski definition) is 2. The molecule has 0 unspecified atom stereocenters. The van der Waals surface area contributed by atoms with Gasteiger partial charge in [-0.1, -0.05) is 44.2 Å². The van der Waals surface area contributed by atoms with E-state index in [1.807, 2.05) is 0 Å². The smallest absolute Gasteiger partial charge is 0.000664 e. The van der Waals surface area contributed by atoms with Crippen molar-refractivity contribution in [3.05, 3.63) is 35.9 Å². The standard InChI is InChI=1S/C18H30N2/c1-18(2,17-9-4-3-5-10-17)11-13-19-12-8-16-20-14-6-7-15-20/h3-5,9-10,19H,6-8,11-16H2,1-2H3. The molecule has 2 nitrogen and oxygen atoms in total. The fourth-order valence-electron chi connectivity index (χ4n) is 2.99.